The largest absolute Gasteiger partial charge is 0.314 e. The summed E-state index contributed by atoms with van der Waals surface area (Å²) in [6.45, 7) is 5.29. The van der Waals surface area contributed by atoms with Gasteiger partial charge in [0.05, 0.1) is 17.4 Å². The molecule has 90 valence electrons. The highest BCUT2D eigenvalue weighted by atomic mass is 15.4. The van der Waals surface area contributed by atoms with E-state index in [2.05, 4.69) is 34.2 Å². The van der Waals surface area contributed by atoms with E-state index in [1.165, 1.54) is 18.5 Å². The van der Waals surface area contributed by atoms with Crippen LogP contribution in [0.4, 0.5) is 0 Å². The van der Waals surface area contributed by atoms with E-state index in [-0.39, 0.29) is 0 Å². The van der Waals surface area contributed by atoms with Crippen molar-refractivity contribution in [3.8, 4) is 0 Å². The normalized spacial score (nSPS) is 16.0. The summed E-state index contributed by atoms with van der Waals surface area (Å²) in [6.07, 6.45) is 4.89. The number of nitrogens with one attached hydrogen (secondary N) is 1. The molecule has 1 saturated carbocycles. The predicted molar refractivity (Wildman–Crippen MR) is 64.4 cm³/mol. The van der Waals surface area contributed by atoms with E-state index < -0.39 is 0 Å². The van der Waals surface area contributed by atoms with Crippen LogP contribution in [0.1, 0.15) is 62.9 Å². The molecule has 0 radical (unpaired) electrons. The fourth-order valence-electron chi connectivity index (χ4n) is 2.31. The van der Waals surface area contributed by atoms with Crippen molar-refractivity contribution < 1.29 is 0 Å². The molecule has 0 amide bonds. The monoisotopic (exact) mass is 222 g/mol. The lowest BCUT2D eigenvalue weighted by atomic mass is 10.1. The Hall–Kier alpha value is -0.900. The van der Waals surface area contributed by atoms with Gasteiger partial charge in [-0.05, 0) is 32.7 Å². The van der Waals surface area contributed by atoms with Crippen LogP contribution in [0.25, 0.3) is 0 Å². The zero-order valence-electron chi connectivity index (χ0n) is 10.5. The molecule has 0 aromatic carbocycles. The lowest BCUT2D eigenvalue weighted by molar-refractivity contribution is 0.405. The molecule has 0 spiro atoms. The molecule has 2 rings (SSSR count). The van der Waals surface area contributed by atoms with Crippen LogP contribution < -0.4 is 5.32 Å². The lowest BCUT2D eigenvalue weighted by Gasteiger charge is -2.15. The SMILES string of the molecule is CCC(CC)n1nnc(CNC)c1C1CC1. The topological polar surface area (TPSA) is 42.7 Å². The molecule has 0 aliphatic heterocycles. The molecule has 1 aliphatic rings. The van der Waals surface area contributed by atoms with Crippen molar-refractivity contribution in [2.75, 3.05) is 7.05 Å². The third-order valence-electron chi connectivity index (χ3n) is 3.40. The van der Waals surface area contributed by atoms with Gasteiger partial charge >= 0.3 is 0 Å². The standard InChI is InChI=1S/C12H22N4/c1-4-10(5-2)16-12(9-6-7-9)11(8-13-3)14-15-16/h9-10,13H,4-8H2,1-3H3. The molecule has 0 bridgehead atoms. The maximum absolute atomic E-state index is 4.36. The average Bonchev–Trinajstić information content (AvgIpc) is 3.05. The molecular formula is C12H22N4. The maximum Gasteiger partial charge on any atom is 0.0999 e. The molecule has 1 fully saturated rings. The van der Waals surface area contributed by atoms with Crippen LogP contribution in [0, 0.1) is 0 Å². The Morgan fingerprint density at radius 3 is 2.56 bits per heavy atom. The summed E-state index contributed by atoms with van der Waals surface area (Å²) < 4.78 is 2.18. The van der Waals surface area contributed by atoms with Crippen molar-refractivity contribution in [2.24, 2.45) is 0 Å². The van der Waals surface area contributed by atoms with Crippen LogP contribution in [-0.2, 0) is 6.54 Å². The van der Waals surface area contributed by atoms with Gasteiger partial charge < -0.3 is 5.32 Å². The quantitative estimate of drug-likeness (QED) is 0.802. The fraction of sp³-hybridized carbons (Fsp3) is 0.833. The first-order valence-corrected chi connectivity index (χ1v) is 6.40. The van der Waals surface area contributed by atoms with E-state index in [0.717, 1.165) is 31.0 Å². The molecule has 4 nitrogen and oxygen atoms in total. The van der Waals surface area contributed by atoms with Crippen LogP contribution in [0.2, 0.25) is 0 Å². The molecule has 1 N–H and O–H groups in total. The van der Waals surface area contributed by atoms with Gasteiger partial charge in [0.15, 0.2) is 0 Å². The highest BCUT2D eigenvalue weighted by molar-refractivity contribution is 5.21. The Morgan fingerprint density at radius 2 is 2.06 bits per heavy atom. The van der Waals surface area contributed by atoms with Gasteiger partial charge in [0.25, 0.3) is 0 Å². The van der Waals surface area contributed by atoms with Crippen molar-refractivity contribution in [3.63, 3.8) is 0 Å². The molecule has 0 atom stereocenters. The Bertz CT molecular complexity index is 337. The molecular weight excluding hydrogens is 200 g/mol. The molecule has 1 aromatic rings. The van der Waals surface area contributed by atoms with Crippen LogP contribution in [-0.4, -0.2) is 22.0 Å². The smallest absolute Gasteiger partial charge is 0.0999 e. The minimum Gasteiger partial charge on any atom is -0.314 e. The predicted octanol–water partition coefficient (Wildman–Crippen LogP) is 2.24. The van der Waals surface area contributed by atoms with Crippen molar-refractivity contribution in [2.45, 2.75) is 58.0 Å². The first kappa shape index (κ1) is 11.6. The van der Waals surface area contributed by atoms with Crippen LogP contribution >= 0.6 is 0 Å². The fourth-order valence-corrected chi connectivity index (χ4v) is 2.31. The Labute approximate surface area is 97.4 Å². The first-order valence-electron chi connectivity index (χ1n) is 6.40. The summed E-state index contributed by atoms with van der Waals surface area (Å²) >= 11 is 0. The second-order valence-electron chi connectivity index (χ2n) is 4.64. The molecule has 4 heteroatoms. The van der Waals surface area contributed by atoms with E-state index in [4.69, 9.17) is 0 Å². The number of hydrogen-bond acceptors (Lipinski definition) is 3. The van der Waals surface area contributed by atoms with Gasteiger partial charge in [-0.3, -0.25) is 0 Å². The molecule has 1 heterocycles. The van der Waals surface area contributed by atoms with E-state index in [1.807, 2.05) is 7.05 Å². The van der Waals surface area contributed by atoms with Crippen molar-refractivity contribution in [3.05, 3.63) is 11.4 Å². The minimum atomic E-state index is 0.522. The number of hydrogen-bond donors (Lipinski definition) is 1. The molecule has 16 heavy (non-hydrogen) atoms. The zero-order valence-corrected chi connectivity index (χ0v) is 10.5. The van der Waals surface area contributed by atoms with Crippen molar-refractivity contribution in [1.29, 1.82) is 0 Å². The highest BCUT2D eigenvalue weighted by Gasteiger charge is 2.32. The van der Waals surface area contributed by atoms with Gasteiger partial charge in [-0.2, -0.15) is 0 Å². The summed E-state index contributed by atoms with van der Waals surface area (Å²) in [5.74, 6) is 0.721. The average molecular weight is 222 g/mol. The number of nitrogens with zero attached hydrogens (tertiary/aromatic N) is 3. The third-order valence-corrected chi connectivity index (χ3v) is 3.40. The van der Waals surface area contributed by atoms with Gasteiger partial charge in [-0.25, -0.2) is 4.68 Å². The van der Waals surface area contributed by atoms with Crippen LogP contribution in [0.3, 0.4) is 0 Å². The number of rotatable bonds is 6. The highest BCUT2D eigenvalue weighted by Crippen LogP contribution is 2.42. The summed E-state index contributed by atoms with van der Waals surface area (Å²) in [4.78, 5) is 0. The second kappa shape index (κ2) is 4.95. The molecule has 1 aliphatic carbocycles. The molecule has 0 unspecified atom stereocenters. The summed E-state index contributed by atoms with van der Waals surface area (Å²) in [6, 6.07) is 0.522. The number of aromatic nitrogens is 3. The van der Waals surface area contributed by atoms with Crippen LogP contribution in [0.5, 0.6) is 0 Å². The van der Waals surface area contributed by atoms with Gasteiger partial charge in [0, 0.05) is 12.5 Å². The molecule has 1 aromatic heterocycles. The molecule has 0 saturated heterocycles. The lowest BCUT2D eigenvalue weighted by Crippen LogP contribution is -2.13. The second-order valence-corrected chi connectivity index (χ2v) is 4.64. The Balaban J connectivity index is 2.29. The van der Waals surface area contributed by atoms with E-state index >= 15 is 0 Å². The van der Waals surface area contributed by atoms with Gasteiger partial charge in [0.2, 0.25) is 0 Å². The summed E-state index contributed by atoms with van der Waals surface area (Å²) in [7, 11) is 1.97. The summed E-state index contributed by atoms with van der Waals surface area (Å²) in [5.41, 5.74) is 2.54. The van der Waals surface area contributed by atoms with Crippen LogP contribution in [0.15, 0.2) is 0 Å². The van der Waals surface area contributed by atoms with E-state index in [0.29, 0.717) is 6.04 Å². The first-order chi connectivity index (χ1) is 7.81. The van der Waals surface area contributed by atoms with Gasteiger partial charge in [-0.15, -0.1) is 5.10 Å². The summed E-state index contributed by atoms with van der Waals surface area (Å²) in [5, 5.41) is 11.9. The van der Waals surface area contributed by atoms with Crippen molar-refractivity contribution >= 4 is 0 Å². The third kappa shape index (κ3) is 2.12. The Morgan fingerprint density at radius 1 is 1.38 bits per heavy atom. The van der Waals surface area contributed by atoms with Gasteiger partial charge in [-0.1, -0.05) is 19.1 Å². The van der Waals surface area contributed by atoms with Crippen molar-refractivity contribution in [1.82, 2.24) is 20.3 Å². The Kier molecular flexibility index (Phi) is 3.59. The maximum atomic E-state index is 4.36. The van der Waals surface area contributed by atoms with E-state index in [1.54, 1.807) is 0 Å². The zero-order chi connectivity index (χ0) is 11.5. The van der Waals surface area contributed by atoms with Gasteiger partial charge in [0.1, 0.15) is 0 Å². The van der Waals surface area contributed by atoms with E-state index in [9.17, 15) is 0 Å². The minimum absolute atomic E-state index is 0.522.